The lowest BCUT2D eigenvalue weighted by atomic mass is 10.1. The third kappa shape index (κ3) is 5.02. The van der Waals surface area contributed by atoms with Crippen LogP contribution in [0.5, 0.6) is 0 Å². The molecule has 0 aliphatic carbocycles. The van der Waals surface area contributed by atoms with Gasteiger partial charge in [0.2, 0.25) is 0 Å². The number of anilines is 1. The van der Waals surface area contributed by atoms with Crippen LogP contribution < -0.4 is 10.6 Å². The van der Waals surface area contributed by atoms with Gasteiger partial charge < -0.3 is 10.6 Å². The minimum Gasteiger partial charge on any atom is -0.362 e. The number of rotatable bonds is 5. The fourth-order valence-electron chi connectivity index (χ4n) is 2.04. The quantitative estimate of drug-likeness (QED) is 0.643. The summed E-state index contributed by atoms with van der Waals surface area (Å²) in [5.41, 5.74) is 3.62. The third-order valence-electron chi connectivity index (χ3n) is 3.05. The molecule has 0 amide bonds. The largest absolute Gasteiger partial charge is 0.362 e. The molecule has 2 nitrogen and oxygen atoms in total. The summed E-state index contributed by atoms with van der Waals surface area (Å²) in [7, 11) is 0. The van der Waals surface area contributed by atoms with E-state index in [1.165, 1.54) is 11.1 Å². The average molecular weight is 284 g/mol. The van der Waals surface area contributed by atoms with Gasteiger partial charge in [0.15, 0.2) is 5.11 Å². The van der Waals surface area contributed by atoms with Gasteiger partial charge >= 0.3 is 0 Å². The fraction of sp³-hybridized carbons (Fsp3) is 0.235. The molecule has 0 spiro atoms. The molecule has 2 N–H and O–H groups in total. The minimum absolute atomic E-state index is 0.684. The molecule has 0 saturated carbocycles. The van der Waals surface area contributed by atoms with Crippen LogP contribution in [0.1, 0.15) is 17.5 Å². The zero-order valence-corrected chi connectivity index (χ0v) is 12.5. The van der Waals surface area contributed by atoms with Gasteiger partial charge in [0.1, 0.15) is 0 Å². The second-order valence-electron chi connectivity index (χ2n) is 4.84. The molecule has 0 aliphatic rings. The number of benzene rings is 2. The van der Waals surface area contributed by atoms with Gasteiger partial charge in [-0.2, -0.15) is 0 Å². The Kier molecular flexibility index (Phi) is 5.56. The first-order valence-electron chi connectivity index (χ1n) is 6.89. The summed E-state index contributed by atoms with van der Waals surface area (Å²) in [4.78, 5) is 0. The Morgan fingerprint density at radius 1 is 1.05 bits per heavy atom. The van der Waals surface area contributed by atoms with Crippen LogP contribution in [0.15, 0.2) is 54.6 Å². The molecule has 0 aromatic heterocycles. The minimum atomic E-state index is 0.684. The van der Waals surface area contributed by atoms with E-state index in [2.05, 4.69) is 54.0 Å². The molecule has 2 rings (SSSR count). The first kappa shape index (κ1) is 14.5. The van der Waals surface area contributed by atoms with Gasteiger partial charge in [0.05, 0.1) is 0 Å². The first-order valence-corrected chi connectivity index (χ1v) is 7.30. The topological polar surface area (TPSA) is 24.1 Å². The van der Waals surface area contributed by atoms with Crippen LogP contribution in [0.25, 0.3) is 0 Å². The third-order valence-corrected chi connectivity index (χ3v) is 3.29. The van der Waals surface area contributed by atoms with E-state index in [9.17, 15) is 0 Å². The molecular formula is C17H20N2S. The van der Waals surface area contributed by atoms with E-state index in [4.69, 9.17) is 12.2 Å². The maximum absolute atomic E-state index is 5.29. The molecule has 0 fully saturated rings. The van der Waals surface area contributed by atoms with Crippen LogP contribution in [0.2, 0.25) is 0 Å². The maximum Gasteiger partial charge on any atom is 0.170 e. The monoisotopic (exact) mass is 284 g/mol. The Labute approximate surface area is 126 Å². The Hall–Kier alpha value is -1.87. The van der Waals surface area contributed by atoms with Crippen molar-refractivity contribution in [2.24, 2.45) is 0 Å². The Balaban J connectivity index is 1.68. The summed E-state index contributed by atoms with van der Waals surface area (Å²) < 4.78 is 0. The highest BCUT2D eigenvalue weighted by Gasteiger charge is 1.98. The lowest BCUT2D eigenvalue weighted by molar-refractivity contribution is 0.777. The van der Waals surface area contributed by atoms with Gasteiger partial charge in [-0.1, -0.05) is 42.5 Å². The molecule has 104 valence electrons. The summed E-state index contributed by atoms with van der Waals surface area (Å²) in [5, 5.41) is 7.13. The molecule has 0 heterocycles. The van der Waals surface area contributed by atoms with Gasteiger partial charge in [-0.25, -0.2) is 0 Å². The second kappa shape index (κ2) is 7.65. The molecule has 20 heavy (non-hydrogen) atoms. The van der Waals surface area contributed by atoms with Crippen molar-refractivity contribution in [3.63, 3.8) is 0 Å². The summed E-state index contributed by atoms with van der Waals surface area (Å²) in [6.45, 7) is 2.95. The predicted molar refractivity (Wildman–Crippen MR) is 90.2 cm³/mol. The number of hydrogen-bond acceptors (Lipinski definition) is 1. The molecule has 2 aromatic rings. The van der Waals surface area contributed by atoms with Crippen molar-refractivity contribution >= 4 is 23.0 Å². The zero-order valence-electron chi connectivity index (χ0n) is 11.7. The van der Waals surface area contributed by atoms with Crippen LogP contribution >= 0.6 is 12.2 Å². The zero-order chi connectivity index (χ0) is 14.2. The molecule has 0 bridgehead atoms. The van der Waals surface area contributed by atoms with Gasteiger partial charge in [0.25, 0.3) is 0 Å². The van der Waals surface area contributed by atoms with E-state index in [1.807, 2.05) is 18.2 Å². The van der Waals surface area contributed by atoms with E-state index in [0.29, 0.717) is 5.11 Å². The Bertz CT molecular complexity index is 552. The van der Waals surface area contributed by atoms with Crippen molar-refractivity contribution in [2.75, 3.05) is 11.9 Å². The van der Waals surface area contributed by atoms with Gasteiger partial charge in [-0.05, 0) is 55.2 Å². The summed E-state index contributed by atoms with van der Waals surface area (Å²) in [6.07, 6.45) is 2.14. The van der Waals surface area contributed by atoms with Gasteiger partial charge in [-0.3, -0.25) is 0 Å². The molecule has 0 radical (unpaired) electrons. The van der Waals surface area contributed by atoms with Crippen molar-refractivity contribution in [1.82, 2.24) is 5.32 Å². The van der Waals surface area contributed by atoms with Crippen molar-refractivity contribution in [3.8, 4) is 0 Å². The molecule has 0 unspecified atom stereocenters. The van der Waals surface area contributed by atoms with Crippen LogP contribution in [0.4, 0.5) is 5.69 Å². The molecule has 0 atom stereocenters. The van der Waals surface area contributed by atoms with Gasteiger partial charge in [0, 0.05) is 12.2 Å². The SMILES string of the molecule is Cc1cccc(NC(=S)NCCCc2ccccc2)c1. The van der Waals surface area contributed by atoms with Crippen molar-refractivity contribution in [1.29, 1.82) is 0 Å². The summed E-state index contributed by atoms with van der Waals surface area (Å²) in [6, 6.07) is 18.7. The highest BCUT2D eigenvalue weighted by molar-refractivity contribution is 7.80. The number of nitrogens with one attached hydrogen (secondary N) is 2. The lowest BCUT2D eigenvalue weighted by Crippen LogP contribution is -2.29. The maximum atomic E-state index is 5.29. The van der Waals surface area contributed by atoms with E-state index < -0.39 is 0 Å². The van der Waals surface area contributed by atoms with Crippen LogP contribution in [0.3, 0.4) is 0 Å². The fourth-order valence-corrected chi connectivity index (χ4v) is 2.26. The molecular weight excluding hydrogens is 264 g/mol. The number of hydrogen-bond donors (Lipinski definition) is 2. The smallest absolute Gasteiger partial charge is 0.170 e. The number of aryl methyl sites for hydroxylation is 2. The van der Waals surface area contributed by atoms with E-state index in [-0.39, 0.29) is 0 Å². The highest BCUT2D eigenvalue weighted by Crippen LogP contribution is 2.09. The van der Waals surface area contributed by atoms with Crippen molar-refractivity contribution in [3.05, 3.63) is 65.7 Å². The molecule has 0 saturated heterocycles. The van der Waals surface area contributed by atoms with Crippen LogP contribution in [-0.4, -0.2) is 11.7 Å². The predicted octanol–water partition coefficient (Wildman–Crippen LogP) is 3.91. The molecule has 3 heteroatoms. The molecule has 0 aliphatic heterocycles. The van der Waals surface area contributed by atoms with E-state index in [1.54, 1.807) is 0 Å². The van der Waals surface area contributed by atoms with Crippen molar-refractivity contribution in [2.45, 2.75) is 19.8 Å². The standard InChI is InChI=1S/C17H20N2S/c1-14-7-5-11-16(13-14)19-17(20)18-12-6-10-15-8-3-2-4-9-15/h2-5,7-9,11,13H,6,10,12H2,1H3,(H2,18,19,20). The van der Waals surface area contributed by atoms with E-state index in [0.717, 1.165) is 25.1 Å². The van der Waals surface area contributed by atoms with Gasteiger partial charge in [-0.15, -0.1) is 0 Å². The van der Waals surface area contributed by atoms with Crippen LogP contribution in [-0.2, 0) is 6.42 Å². The highest BCUT2D eigenvalue weighted by atomic mass is 32.1. The summed E-state index contributed by atoms with van der Waals surface area (Å²) in [5.74, 6) is 0. The normalized spacial score (nSPS) is 10.1. The second-order valence-corrected chi connectivity index (χ2v) is 5.25. The summed E-state index contributed by atoms with van der Waals surface area (Å²) >= 11 is 5.29. The molecule has 2 aromatic carbocycles. The van der Waals surface area contributed by atoms with Crippen LogP contribution in [0, 0.1) is 6.92 Å². The average Bonchev–Trinajstić information content (AvgIpc) is 2.45. The Morgan fingerprint density at radius 2 is 1.85 bits per heavy atom. The Morgan fingerprint density at radius 3 is 2.60 bits per heavy atom. The van der Waals surface area contributed by atoms with Crippen molar-refractivity contribution < 1.29 is 0 Å². The number of thiocarbonyl (C=S) groups is 1. The van der Waals surface area contributed by atoms with E-state index >= 15 is 0 Å². The first-order chi connectivity index (χ1) is 9.74. The lowest BCUT2D eigenvalue weighted by Gasteiger charge is -2.11.